The number of hydrogen-bond donors (Lipinski definition) is 0. The Balaban J connectivity index is 1.76. The maximum Gasteiger partial charge on any atom is 0.415 e. The van der Waals surface area contributed by atoms with Crippen molar-refractivity contribution in [3.8, 4) is 0 Å². The van der Waals surface area contributed by atoms with Crippen molar-refractivity contribution in [2.45, 2.75) is 26.4 Å². The largest absolute Gasteiger partial charge is 0.443 e. The molecule has 0 aliphatic carbocycles. The van der Waals surface area contributed by atoms with Crippen molar-refractivity contribution in [2.24, 2.45) is 0 Å². The summed E-state index contributed by atoms with van der Waals surface area (Å²) < 4.78 is 5.35. The lowest BCUT2D eigenvalue weighted by Gasteiger charge is -2.27. The average Bonchev–Trinajstić information content (AvgIpc) is 2.90. The van der Waals surface area contributed by atoms with Gasteiger partial charge >= 0.3 is 12.1 Å². The lowest BCUT2D eigenvalue weighted by molar-refractivity contribution is -0.166. The molecular formula is C21H20N2O6. The van der Waals surface area contributed by atoms with E-state index in [4.69, 9.17) is 9.57 Å². The standard InChI is InChI=1S/C21H20N2O6/c1-21(2,3)28-20(27)22(14-9-5-4-6-10-14)13-17(24)29-23-18(25)15-11-7-8-12-16(15)19(23)26/h4-12H,13H2,1-3H3. The number of amides is 3. The molecule has 0 spiro atoms. The molecule has 1 heterocycles. The van der Waals surface area contributed by atoms with Crippen LogP contribution in [0.3, 0.4) is 0 Å². The number of hydroxylamine groups is 2. The van der Waals surface area contributed by atoms with Crippen LogP contribution in [0.5, 0.6) is 0 Å². The summed E-state index contributed by atoms with van der Waals surface area (Å²) in [5, 5.41) is 0.408. The number of nitrogens with zero attached hydrogens (tertiary/aromatic N) is 2. The molecule has 0 saturated heterocycles. The predicted octanol–water partition coefficient (Wildman–Crippen LogP) is 3.18. The van der Waals surface area contributed by atoms with E-state index < -0.39 is 36.0 Å². The molecule has 0 aromatic heterocycles. The molecule has 0 atom stereocenters. The Morgan fingerprint density at radius 3 is 1.93 bits per heavy atom. The highest BCUT2D eigenvalue weighted by molar-refractivity contribution is 6.21. The summed E-state index contributed by atoms with van der Waals surface area (Å²) in [6, 6.07) is 14.6. The number of anilines is 1. The van der Waals surface area contributed by atoms with Gasteiger partial charge in [0.1, 0.15) is 12.1 Å². The average molecular weight is 396 g/mol. The second-order valence-corrected chi connectivity index (χ2v) is 7.32. The maximum atomic E-state index is 12.6. The van der Waals surface area contributed by atoms with Gasteiger partial charge in [-0.05, 0) is 45.0 Å². The fourth-order valence-corrected chi connectivity index (χ4v) is 2.70. The molecule has 3 rings (SSSR count). The van der Waals surface area contributed by atoms with Crippen LogP contribution in [0.1, 0.15) is 41.5 Å². The Kier molecular flexibility index (Phi) is 5.36. The van der Waals surface area contributed by atoms with Crippen LogP contribution >= 0.6 is 0 Å². The highest BCUT2D eigenvalue weighted by Crippen LogP contribution is 2.23. The number of ether oxygens (including phenoxy) is 1. The summed E-state index contributed by atoms with van der Waals surface area (Å²) in [5.74, 6) is -2.43. The van der Waals surface area contributed by atoms with E-state index in [1.54, 1.807) is 63.2 Å². The second-order valence-electron chi connectivity index (χ2n) is 7.32. The van der Waals surface area contributed by atoms with Gasteiger partial charge in [0, 0.05) is 5.69 Å². The molecule has 8 heteroatoms. The van der Waals surface area contributed by atoms with Crippen LogP contribution in [0.15, 0.2) is 54.6 Å². The van der Waals surface area contributed by atoms with Gasteiger partial charge in [-0.25, -0.2) is 9.59 Å². The predicted molar refractivity (Wildman–Crippen MR) is 103 cm³/mol. The third-order valence-corrected chi connectivity index (χ3v) is 3.92. The van der Waals surface area contributed by atoms with Gasteiger partial charge in [-0.1, -0.05) is 35.4 Å². The molecule has 2 aromatic rings. The highest BCUT2D eigenvalue weighted by atomic mass is 16.7. The van der Waals surface area contributed by atoms with Gasteiger partial charge in [-0.3, -0.25) is 14.5 Å². The summed E-state index contributed by atoms with van der Waals surface area (Å²) in [6.07, 6.45) is -0.761. The number of carbonyl (C=O) groups is 4. The van der Waals surface area contributed by atoms with Crippen molar-refractivity contribution < 1.29 is 28.8 Å². The first-order valence-electron chi connectivity index (χ1n) is 8.91. The normalized spacial score (nSPS) is 13.1. The number of benzene rings is 2. The quantitative estimate of drug-likeness (QED) is 0.737. The van der Waals surface area contributed by atoms with Crippen LogP contribution in [0.4, 0.5) is 10.5 Å². The van der Waals surface area contributed by atoms with Crippen LogP contribution in [0.25, 0.3) is 0 Å². The van der Waals surface area contributed by atoms with Crippen molar-refractivity contribution >= 4 is 29.6 Å². The zero-order valence-electron chi connectivity index (χ0n) is 16.2. The number of hydrogen-bond acceptors (Lipinski definition) is 6. The fraction of sp³-hybridized carbons (Fsp3) is 0.238. The van der Waals surface area contributed by atoms with Gasteiger partial charge < -0.3 is 9.57 Å². The SMILES string of the molecule is CC(C)(C)OC(=O)N(CC(=O)ON1C(=O)c2ccccc2C1=O)c1ccccc1. The summed E-state index contributed by atoms with van der Waals surface area (Å²) in [4.78, 5) is 55.8. The summed E-state index contributed by atoms with van der Waals surface area (Å²) in [6.45, 7) is 4.55. The van der Waals surface area contributed by atoms with E-state index in [0.717, 1.165) is 4.90 Å². The van der Waals surface area contributed by atoms with E-state index in [-0.39, 0.29) is 11.1 Å². The smallest absolute Gasteiger partial charge is 0.415 e. The zero-order valence-corrected chi connectivity index (χ0v) is 16.2. The maximum absolute atomic E-state index is 12.6. The van der Waals surface area contributed by atoms with E-state index >= 15 is 0 Å². The zero-order chi connectivity index (χ0) is 21.2. The Bertz CT molecular complexity index is 930. The molecule has 0 unspecified atom stereocenters. The van der Waals surface area contributed by atoms with Gasteiger partial charge in [0.25, 0.3) is 11.8 Å². The highest BCUT2D eigenvalue weighted by Gasteiger charge is 2.39. The molecular weight excluding hydrogens is 376 g/mol. The number of rotatable bonds is 4. The van der Waals surface area contributed by atoms with E-state index in [2.05, 4.69) is 0 Å². The molecule has 0 N–H and O–H groups in total. The van der Waals surface area contributed by atoms with Gasteiger partial charge in [-0.15, -0.1) is 0 Å². The van der Waals surface area contributed by atoms with Crippen LogP contribution in [-0.2, 0) is 14.4 Å². The van der Waals surface area contributed by atoms with Crippen molar-refractivity contribution in [3.05, 3.63) is 65.7 Å². The van der Waals surface area contributed by atoms with Gasteiger partial charge in [0.05, 0.1) is 11.1 Å². The molecule has 0 radical (unpaired) electrons. The van der Waals surface area contributed by atoms with Crippen LogP contribution in [0.2, 0.25) is 0 Å². The number of imide groups is 1. The molecule has 0 bridgehead atoms. The minimum Gasteiger partial charge on any atom is -0.443 e. The lowest BCUT2D eigenvalue weighted by atomic mass is 10.1. The summed E-state index contributed by atoms with van der Waals surface area (Å²) >= 11 is 0. The van der Waals surface area contributed by atoms with Crippen LogP contribution in [0, 0.1) is 0 Å². The minimum atomic E-state index is -0.964. The van der Waals surface area contributed by atoms with E-state index in [9.17, 15) is 19.2 Å². The first-order valence-corrected chi connectivity index (χ1v) is 8.91. The van der Waals surface area contributed by atoms with Crippen LogP contribution in [-0.4, -0.2) is 41.1 Å². The first-order chi connectivity index (χ1) is 13.7. The van der Waals surface area contributed by atoms with Crippen molar-refractivity contribution in [3.63, 3.8) is 0 Å². The van der Waals surface area contributed by atoms with Gasteiger partial charge in [0.15, 0.2) is 0 Å². The molecule has 1 aliphatic heterocycles. The molecule has 8 nitrogen and oxygen atoms in total. The van der Waals surface area contributed by atoms with Crippen molar-refractivity contribution in [1.82, 2.24) is 5.06 Å². The molecule has 29 heavy (non-hydrogen) atoms. The Hall–Kier alpha value is -3.68. The van der Waals surface area contributed by atoms with Crippen molar-refractivity contribution in [2.75, 3.05) is 11.4 Å². The van der Waals surface area contributed by atoms with Gasteiger partial charge in [0.2, 0.25) is 0 Å². The third-order valence-electron chi connectivity index (χ3n) is 3.92. The minimum absolute atomic E-state index is 0.150. The number of carbonyl (C=O) groups excluding carboxylic acids is 4. The Labute approximate surface area is 167 Å². The molecule has 150 valence electrons. The molecule has 1 aliphatic rings. The molecule has 2 aromatic carbocycles. The number of fused-ring (bicyclic) bond motifs is 1. The van der Waals surface area contributed by atoms with E-state index in [0.29, 0.717) is 10.8 Å². The second kappa shape index (κ2) is 7.75. The van der Waals surface area contributed by atoms with Gasteiger partial charge in [-0.2, -0.15) is 0 Å². The van der Waals surface area contributed by atoms with E-state index in [1.807, 2.05) is 0 Å². The monoisotopic (exact) mass is 396 g/mol. The third kappa shape index (κ3) is 4.43. The molecule has 0 fully saturated rings. The molecule has 0 saturated carbocycles. The lowest BCUT2D eigenvalue weighted by Crippen LogP contribution is -2.43. The summed E-state index contributed by atoms with van der Waals surface area (Å²) in [7, 11) is 0. The number of para-hydroxylation sites is 1. The molecule has 3 amide bonds. The van der Waals surface area contributed by atoms with Crippen LogP contribution < -0.4 is 4.90 Å². The first kappa shape index (κ1) is 20.1. The topological polar surface area (TPSA) is 93.2 Å². The summed E-state index contributed by atoms with van der Waals surface area (Å²) in [5.41, 5.74) is -0.0768. The Morgan fingerprint density at radius 2 is 1.41 bits per heavy atom. The fourth-order valence-electron chi connectivity index (χ4n) is 2.70. The van der Waals surface area contributed by atoms with E-state index in [1.165, 1.54) is 12.1 Å². The Morgan fingerprint density at radius 1 is 0.897 bits per heavy atom. The van der Waals surface area contributed by atoms with Crippen molar-refractivity contribution in [1.29, 1.82) is 0 Å².